The molecule has 1 aliphatic carbocycles. The predicted molar refractivity (Wildman–Crippen MR) is 243 cm³/mol. The first-order valence-corrected chi connectivity index (χ1v) is 19.9. The van der Waals surface area contributed by atoms with Crippen LogP contribution in [0.25, 0.3) is 162 Å². The molecule has 1 aliphatic rings. The molecule has 0 amide bonds. The van der Waals surface area contributed by atoms with Gasteiger partial charge in [-0.15, -0.1) is 0 Å². The van der Waals surface area contributed by atoms with E-state index >= 15 is 0 Å². The van der Waals surface area contributed by atoms with Gasteiger partial charge >= 0.3 is 0 Å². The van der Waals surface area contributed by atoms with Gasteiger partial charge in [0.1, 0.15) is 5.82 Å². The third kappa shape index (κ3) is 3.01. The molecule has 0 nitrogen and oxygen atoms in total. The summed E-state index contributed by atoms with van der Waals surface area (Å²) in [6.07, 6.45) is 0. The highest BCUT2D eigenvalue weighted by Gasteiger charge is 2.27. The molecular formula is C56H25F. The number of fused-ring (bicyclic) bond motifs is 14. The van der Waals surface area contributed by atoms with E-state index in [0.29, 0.717) is 0 Å². The van der Waals surface area contributed by atoms with Crippen molar-refractivity contribution in [2.45, 2.75) is 0 Å². The fourth-order valence-corrected chi connectivity index (χ4v) is 12.2. The minimum atomic E-state index is -0.197. The molecular weight excluding hydrogens is 692 g/mol. The van der Waals surface area contributed by atoms with Gasteiger partial charge in [0.05, 0.1) is 0 Å². The van der Waals surface area contributed by atoms with Gasteiger partial charge in [-0.3, -0.25) is 0 Å². The van der Waals surface area contributed by atoms with Crippen molar-refractivity contribution in [2.75, 3.05) is 0 Å². The van der Waals surface area contributed by atoms with Gasteiger partial charge in [0.25, 0.3) is 0 Å². The van der Waals surface area contributed by atoms with E-state index in [9.17, 15) is 4.39 Å². The molecule has 0 atom stereocenters. The number of rotatable bonds is 0. The molecule has 0 fully saturated rings. The monoisotopic (exact) mass is 716 g/mol. The Hall–Kier alpha value is -7.35. The highest BCUT2D eigenvalue weighted by atomic mass is 19.1. The molecule has 0 unspecified atom stereocenters. The van der Waals surface area contributed by atoms with E-state index in [1.165, 1.54) is 152 Å². The van der Waals surface area contributed by atoms with Gasteiger partial charge in [-0.1, -0.05) is 115 Å². The van der Waals surface area contributed by atoms with E-state index < -0.39 is 0 Å². The third-order valence-electron chi connectivity index (χ3n) is 14.4. The molecule has 256 valence electrons. The Morgan fingerprint density at radius 3 is 1.04 bits per heavy atom. The summed E-state index contributed by atoms with van der Waals surface area (Å²) >= 11 is 0. The molecule has 15 aromatic carbocycles. The standard InChI is InChI=1S/C56H25F/c57-29-8-7-27-22-44-40-17-13-36-32-9-11-34-38-15-19-42-48-24-46-30-5-1-3-26-4-2-6-31(50(26)30)47(46)25-49(48)43-20-16-39(54(38)56(42)43)35-12-10-33(51(32)52(34)35)37-14-18-41(55(40)53(36)37)45(44)23-28(27)21-29/h1-25H. The molecule has 0 bridgehead atoms. The van der Waals surface area contributed by atoms with Gasteiger partial charge in [0, 0.05) is 0 Å². The summed E-state index contributed by atoms with van der Waals surface area (Å²) in [6, 6.07) is 56.5. The summed E-state index contributed by atoms with van der Waals surface area (Å²) in [4.78, 5) is 0. The fourth-order valence-electron chi connectivity index (χ4n) is 12.2. The van der Waals surface area contributed by atoms with Crippen LogP contribution in [0.15, 0.2) is 152 Å². The lowest BCUT2D eigenvalue weighted by atomic mass is 9.83. The van der Waals surface area contributed by atoms with Crippen LogP contribution < -0.4 is 0 Å². The van der Waals surface area contributed by atoms with Crippen LogP contribution in [0.3, 0.4) is 0 Å². The normalized spacial score (nSPS) is 13.4. The smallest absolute Gasteiger partial charge is 0.123 e. The maximum atomic E-state index is 14.3. The topological polar surface area (TPSA) is 0 Å². The summed E-state index contributed by atoms with van der Waals surface area (Å²) in [5.74, 6) is -0.197. The van der Waals surface area contributed by atoms with E-state index in [4.69, 9.17) is 0 Å². The van der Waals surface area contributed by atoms with Gasteiger partial charge in [0.2, 0.25) is 0 Å². The SMILES string of the molecule is Fc1ccc2cc3c(cc2c1)-c1ccc2c4ccc5c6ccc7c8cc9c(cc8c8ccc(c%10ccc(c%11ccc-3c1c%112)c4c%105)c6c87)c1cccc2cccc9c21. The lowest BCUT2D eigenvalue weighted by molar-refractivity contribution is 0.630. The van der Waals surface area contributed by atoms with Crippen LogP contribution in [-0.2, 0) is 0 Å². The molecule has 0 aliphatic heterocycles. The predicted octanol–water partition coefficient (Wildman–Crippen LogP) is 16.2. The van der Waals surface area contributed by atoms with Crippen molar-refractivity contribution < 1.29 is 4.39 Å². The van der Waals surface area contributed by atoms with Gasteiger partial charge < -0.3 is 0 Å². The summed E-state index contributed by atoms with van der Waals surface area (Å²) in [6.45, 7) is 0. The summed E-state index contributed by atoms with van der Waals surface area (Å²) in [5, 5.41) is 34.1. The highest BCUT2D eigenvalue weighted by molar-refractivity contribution is 6.47. The zero-order valence-corrected chi connectivity index (χ0v) is 30.3. The van der Waals surface area contributed by atoms with E-state index in [0.717, 1.165) is 10.8 Å². The average molecular weight is 717 g/mol. The highest BCUT2D eigenvalue weighted by Crippen LogP contribution is 2.55. The van der Waals surface area contributed by atoms with Crippen LogP contribution in [-0.4, -0.2) is 0 Å². The van der Waals surface area contributed by atoms with Crippen molar-refractivity contribution in [3.8, 4) is 22.3 Å². The molecule has 0 heterocycles. The first kappa shape index (κ1) is 28.1. The van der Waals surface area contributed by atoms with Crippen LogP contribution in [0, 0.1) is 5.82 Å². The van der Waals surface area contributed by atoms with Gasteiger partial charge in [-0.25, -0.2) is 4.39 Å². The van der Waals surface area contributed by atoms with E-state index in [-0.39, 0.29) is 5.82 Å². The van der Waals surface area contributed by atoms with Crippen LogP contribution in [0.4, 0.5) is 4.39 Å². The molecule has 0 spiro atoms. The van der Waals surface area contributed by atoms with E-state index in [1.54, 1.807) is 12.1 Å². The van der Waals surface area contributed by atoms with Crippen LogP contribution >= 0.6 is 0 Å². The molecule has 0 aromatic heterocycles. The van der Waals surface area contributed by atoms with Crippen LogP contribution in [0.2, 0.25) is 0 Å². The van der Waals surface area contributed by atoms with Crippen LogP contribution in [0.5, 0.6) is 0 Å². The summed E-state index contributed by atoms with van der Waals surface area (Å²) in [5.41, 5.74) is 4.94. The van der Waals surface area contributed by atoms with Crippen molar-refractivity contribution in [1.82, 2.24) is 0 Å². The van der Waals surface area contributed by atoms with E-state index in [2.05, 4.69) is 133 Å². The number of hydrogen-bond acceptors (Lipinski definition) is 0. The average Bonchev–Trinajstić information content (AvgIpc) is 3.87. The first-order valence-electron chi connectivity index (χ1n) is 19.9. The van der Waals surface area contributed by atoms with Crippen molar-refractivity contribution in [1.29, 1.82) is 0 Å². The molecule has 0 N–H and O–H groups in total. The van der Waals surface area contributed by atoms with Crippen molar-refractivity contribution >= 4 is 140 Å². The Bertz CT molecular complexity index is 4190. The zero-order chi connectivity index (χ0) is 36.6. The van der Waals surface area contributed by atoms with Crippen molar-refractivity contribution in [3.63, 3.8) is 0 Å². The number of hydrogen-bond donors (Lipinski definition) is 0. The minimum Gasteiger partial charge on any atom is -0.207 e. The number of halogens is 1. The summed E-state index contributed by atoms with van der Waals surface area (Å²) < 4.78 is 14.3. The van der Waals surface area contributed by atoms with Gasteiger partial charge in [-0.05, 0) is 199 Å². The molecule has 57 heavy (non-hydrogen) atoms. The second-order valence-electron chi connectivity index (χ2n) is 16.8. The largest absolute Gasteiger partial charge is 0.207 e. The maximum absolute atomic E-state index is 14.3. The Balaban J connectivity index is 1.02. The van der Waals surface area contributed by atoms with Crippen molar-refractivity contribution in [3.05, 3.63) is 157 Å². The fraction of sp³-hybridized carbons (Fsp3) is 0. The Kier molecular flexibility index (Phi) is 4.45. The second-order valence-corrected chi connectivity index (χ2v) is 16.8. The maximum Gasteiger partial charge on any atom is 0.123 e. The van der Waals surface area contributed by atoms with Gasteiger partial charge in [-0.2, -0.15) is 0 Å². The second kappa shape index (κ2) is 9.02. The van der Waals surface area contributed by atoms with Gasteiger partial charge in [0.15, 0.2) is 0 Å². The lowest BCUT2D eigenvalue weighted by Gasteiger charge is -2.20. The molecule has 0 saturated heterocycles. The minimum absolute atomic E-state index is 0.197. The van der Waals surface area contributed by atoms with E-state index in [1.807, 2.05) is 6.07 Å². The third-order valence-corrected chi connectivity index (χ3v) is 14.4. The quantitative estimate of drug-likeness (QED) is 0.108. The molecule has 15 aromatic rings. The molecule has 0 saturated carbocycles. The first-order chi connectivity index (χ1) is 28.2. The molecule has 16 rings (SSSR count). The van der Waals surface area contributed by atoms with Crippen LogP contribution in [0.1, 0.15) is 0 Å². The van der Waals surface area contributed by atoms with Crippen molar-refractivity contribution in [2.24, 2.45) is 0 Å². The summed E-state index contributed by atoms with van der Waals surface area (Å²) in [7, 11) is 0. The molecule has 0 radical (unpaired) electrons. The Morgan fingerprint density at radius 2 is 0.579 bits per heavy atom. The molecule has 1 heteroatoms. The lowest BCUT2D eigenvalue weighted by Crippen LogP contribution is -1.91. The Labute approximate surface area is 322 Å². The number of benzene rings is 13. The Morgan fingerprint density at radius 1 is 0.211 bits per heavy atom. The zero-order valence-electron chi connectivity index (χ0n) is 30.3.